The molecule has 9 nitrogen and oxygen atoms in total. The van der Waals surface area contributed by atoms with Crippen LogP contribution in [0.5, 0.6) is 0 Å². The topological polar surface area (TPSA) is 102 Å². The number of ether oxygens (including phenoxy) is 1. The van der Waals surface area contributed by atoms with E-state index in [9.17, 15) is 18.0 Å². The van der Waals surface area contributed by atoms with Crippen molar-refractivity contribution in [3.05, 3.63) is 84.2 Å². The number of rotatable bonds is 7. The van der Waals surface area contributed by atoms with Crippen LogP contribution in [-0.2, 0) is 26.1 Å². The summed E-state index contributed by atoms with van der Waals surface area (Å²) in [5.41, 5.74) is 1.31. The second kappa shape index (κ2) is 9.97. The van der Waals surface area contributed by atoms with E-state index < -0.39 is 22.6 Å². The molecule has 1 amide bonds. The molecule has 0 unspecified atom stereocenters. The number of nitrogens with zero attached hydrogens (tertiary/aromatic N) is 4. The van der Waals surface area contributed by atoms with Crippen molar-refractivity contribution in [3.63, 3.8) is 0 Å². The quantitative estimate of drug-likeness (QED) is 0.489. The zero-order valence-electron chi connectivity index (χ0n) is 17.9. The lowest BCUT2D eigenvalue weighted by Crippen LogP contribution is -2.51. The molecular weight excluding hydrogens is 444 g/mol. The molecule has 3 aromatic rings. The van der Waals surface area contributed by atoms with E-state index in [0.717, 1.165) is 5.56 Å². The van der Waals surface area contributed by atoms with E-state index in [2.05, 4.69) is 5.10 Å². The van der Waals surface area contributed by atoms with Gasteiger partial charge in [0.05, 0.1) is 23.2 Å². The molecule has 1 saturated heterocycles. The average Bonchev–Trinajstić information content (AvgIpc) is 3.32. The van der Waals surface area contributed by atoms with Crippen molar-refractivity contribution in [2.45, 2.75) is 11.4 Å². The maximum atomic E-state index is 12.7. The highest BCUT2D eigenvalue weighted by Crippen LogP contribution is 2.17. The number of piperazine rings is 1. The lowest BCUT2D eigenvalue weighted by Gasteiger charge is -2.33. The van der Waals surface area contributed by atoms with Gasteiger partial charge in [-0.25, -0.2) is 13.2 Å². The minimum absolute atomic E-state index is 0.184. The molecule has 0 bridgehead atoms. The third-order valence-electron chi connectivity index (χ3n) is 5.36. The van der Waals surface area contributed by atoms with Crippen molar-refractivity contribution >= 4 is 21.9 Å². The zero-order chi connectivity index (χ0) is 23.3. The van der Waals surface area contributed by atoms with Gasteiger partial charge in [-0.15, -0.1) is 0 Å². The van der Waals surface area contributed by atoms with Crippen LogP contribution < -0.4 is 0 Å². The van der Waals surface area contributed by atoms with Gasteiger partial charge in [0.25, 0.3) is 5.91 Å². The molecule has 1 aliphatic rings. The molecule has 1 fully saturated rings. The molecule has 0 aliphatic carbocycles. The molecule has 10 heteroatoms. The predicted molar refractivity (Wildman–Crippen MR) is 120 cm³/mol. The van der Waals surface area contributed by atoms with Gasteiger partial charge in [0, 0.05) is 32.4 Å². The monoisotopic (exact) mass is 468 g/mol. The molecule has 0 saturated carbocycles. The van der Waals surface area contributed by atoms with Crippen molar-refractivity contribution in [3.8, 4) is 0 Å². The van der Waals surface area contributed by atoms with E-state index in [1.807, 2.05) is 30.3 Å². The molecule has 0 atom stereocenters. The third kappa shape index (κ3) is 5.47. The van der Waals surface area contributed by atoms with Gasteiger partial charge in [-0.2, -0.15) is 9.40 Å². The van der Waals surface area contributed by atoms with Crippen LogP contribution in [-0.4, -0.2) is 72.1 Å². The maximum Gasteiger partial charge on any atom is 0.341 e. The van der Waals surface area contributed by atoms with Gasteiger partial charge in [0.2, 0.25) is 10.0 Å². The first-order valence-corrected chi connectivity index (χ1v) is 11.9. The van der Waals surface area contributed by atoms with Crippen molar-refractivity contribution in [1.82, 2.24) is 19.0 Å². The maximum absolute atomic E-state index is 12.7. The largest absolute Gasteiger partial charge is 0.452 e. The summed E-state index contributed by atoms with van der Waals surface area (Å²) >= 11 is 0. The van der Waals surface area contributed by atoms with Gasteiger partial charge < -0.3 is 9.64 Å². The Hall–Kier alpha value is -3.50. The summed E-state index contributed by atoms with van der Waals surface area (Å²) in [5, 5.41) is 4.16. The number of benzene rings is 2. The summed E-state index contributed by atoms with van der Waals surface area (Å²) < 4.78 is 33.5. The number of sulfonamides is 1. The number of carbonyl (C=O) groups excluding carboxylic acids is 2. The number of amides is 1. The average molecular weight is 469 g/mol. The smallest absolute Gasteiger partial charge is 0.341 e. The number of aromatic nitrogens is 2. The molecule has 1 aliphatic heterocycles. The molecule has 2 heterocycles. The lowest BCUT2D eigenvalue weighted by atomic mass is 10.2. The molecule has 2 aromatic carbocycles. The Bertz CT molecular complexity index is 1200. The van der Waals surface area contributed by atoms with Gasteiger partial charge in [0.1, 0.15) is 0 Å². The Morgan fingerprint density at radius 2 is 1.55 bits per heavy atom. The van der Waals surface area contributed by atoms with Crippen LogP contribution in [0.15, 0.2) is 78.0 Å². The molecule has 0 radical (unpaired) electrons. The Labute approximate surface area is 192 Å². The van der Waals surface area contributed by atoms with Gasteiger partial charge in [-0.3, -0.25) is 9.48 Å². The Morgan fingerprint density at radius 3 is 2.21 bits per heavy atom. The van der Waals surface area contributed by atoms with Crippen LogP contribution in [0.4, 0.5) is 0 Å². The van der Waals surface area contributed by atoms with E-state index in [-0.39, 0.29) is 42.5 Å². The minimum Gasteiger partial charge on any atom is -0.452 e. The summed E-state index contributed by atoms with van der Waals surface area (Å²) in [6, 6.07) is 17.9. The SMILES string of the molecule is O=C(OCC(=O)N1CCN(S(=O)(=O)c2ccccc2)CC1)c1cnn(Cc2ccccc2)c1. The molecule has 0 N–H and O–H groups in total. The Kier molecular flexibility index (Phi) is 6.85. The Balaban J connectivity index is 1.26. The summed E-state index contributed by atoms with van der Waals surface area (Å²) in [5.74, 6) is -0.996. The molecule has 0 spiro atoms. The van der Waals surface area contributed by atoms with Gasteiger partial charge in [-0.05, 0) is 17.7 Å². The number of carbonyl (C=O) groups is 2. The number of hydrogen-bond acceptors (Lipinski definition) is 6. The van der Waals surface area contributed by atoms with Crippen molar-refractivity contribution in [1.29, 1.82) is 0 Å². The van der Waals surface area contributed by atoms with Crippen molar-refractivity contribution in [2.75, 3.05) is 32.8 Å². The summed E-state index contributed by atoms with van der Waals surface area (Å²) in [7, 11) is -3.59. The van der Waals surface area contributed by atoms with E-state index in [1.165, 1.54) is 15.4 Å². The third-order valence-corrected chi connectivity index (χ3v) is 7.27. The molecule has 172 valence electrons. The van der Waals surface area contributed by atoms with E-state index in [0.29, 0.717) is 6.54 Å². The molecule has 1 aromatic heterocycles. The van der Waals surface area contributed by atoms with Gasteiger partial charge in [-0.1, -0.05) is 48.5 Å². The summed E-state index contributed by atoms with van der Waals surface area (Å²) in [4.78, 5) is 26.5. The predicted octanol–water partition coefficient (Wildman–Crippen LogP) is 1.62. The Morgan fingerprint density at radius 1 is 0.909 bits per heavy atom. The fourth-order valence-corrected chi connectivity index (χ4v) is 4.99. The van der Waals surface area contributed by atoms with Gasteiger partial charge in [0.15, 0.2) is 6.61 Å². The second-order valence-corrected chi connectivity index (χ2v) is 9.52. The van der Waals surface area contributed by atoms with Crippen LogP contribution >= 0.6 is 0 Å². The summed E-state index contributed by atoms with van der Waals surface area (Å²) in [6.07, 6.45) is 2.98. The van der Waals surface area contributed by atoms with Crippen LogP contribution in [0, 0.1) is 0 Å². The highest BCUT2D eigenvalue weighted by Gasteiger charge is 2.30. The van der Waals surface area contributed by atoms with E-state index in [1.54, 1.807) is 41.2 Å². The fraction of sp³-hybridized carbons (Fsp3) is 0.261. The van der Waals surface area contributed by atoms with Crippen LogP contribution in [0.2, 0.25) is 0 Å². The van der Waals surface area contributed by atoms with Crippen molar-refractivity contribution < 1.29 is 22.7 Å². The zero-order valence-corrected chi connectivity index (χ0v) is 18.7. The number of esters is 1. The minimum atomic E-state index is -3.59. The van der Waals surface area contributed by atoms with Crippen LogP contribution in [0.1, 0.15) is 15.9 Å². The first-order chi connectivity index (χ1) is 15.9. The van der Waals surface area contributed by atoms with E-state index >= 15 is 0 Å². The standard InChI is InChI=1S/C23H24N4O5S/c28-22(25-11-13-27(14-12-25)33(30,31)21-9-5-2-6-10-21)18-32-23(29)20-15-24-26(17-20)16-19-7-3-1-4-8-19/h1-10,15,17H,11-14,16,18H2. The molecular formula is C23H24N4O5S. The van der Waals surface area contributed by atoms with Gasteiger partial charge >= 0.3 is 5.97 Å². The second-order valence-electron chi connectivity index (χ2n) is 7.59. The lowest BCUT2D eigenvalue weighted by molar-refractivity contribution is -0.135. The van der Waals surface area contributed by atoms with E-state index in [4.69, 9.17) is 4.74 Å². The van der Waals surface area contributed by atoms with Crippen LogP contribution in [0.25, 0.3) is 0 Å². The normalized spacial score (nSPS) is 14.7. The first-order valence-electron chi connectivity index (χ1n) is 10.5. The summed E-state index contributed by atoms with van der Waals surface area (Å²) in [6.45, 7) is 0.943. The van der Waals surface area contributed by atoms with Crippen LogP contribution in [0.3, 0.4) is 0 Å². The van der Waals surface area contributed by atoms with Crippen molar-refractivity contribution in [2.24, 2.45) is 0 Å². The highest BCUT2D eigenvalue weighted by molar-refractivity contribution is 7.89. The molecule has 4 rings (SSSR count). The number of hydrogen-bond donors (Lipinski definition) is 0. The fourth-order valence-electron chi connectivity index (χ4n) is 3.55. The highest BCUT2D eigenvalue weighted by atomic mass is 32.2. The molecule has 33 heavy (non-hydrogen) atoms. The first kappa shape index (κ1) is 22.7.